The van der Waals surface area contributed by atoms with Gasteiger partial charge in [-0.3, -0.25) is 4.79 Å². The van der Waals surface area contributed by atoms with Crippen molar-refractivity contribution in [2.75, 3.05) is 13.4 Å². The van der Waals surface area contributed by atoms with E-state index in [1.807, 2.05) is 31.2 Å². The molecule has 1 aliphatic heterocycles. The predicted octanol–water partition coefficient (Wildman–Crippen LogP) is 2.35. The third-order valence-corrected chi connectivity index (χ3v) is 3.93. The van der Waals surface area contributed by atoms with Crippen molar-refractivity contribution in [3.05, 3.63) is 53.6 Å². The van der Waals surface area contributed by atoms with Crippen molar-refractivity contribution in [3.8, 4) is 17.2 Å². The van der Waals surface area contributed by atoms with Crippen LogP contribution in [0.5, 0.6) is 17.2 Å². The molecule has 1 heterocycles. The summed E-state index contributed by atoms with van der Waals surface area (Å²) >= 11 is 0. The van der Waals surface area contributed by atoms with Gasteiger partial charge in [0, 0.05) is 6.54 Å². The van der Waals surface area contributed by atoms with Crippen LogP contribution in [0.2, 0.25) is 0 Å². The van der Waals surface area contributed by atoms with E-state index in [0.29, 0.717) is 17.2 Å². The SMILES string of the molecule is Cc1cccc(OCC(=O)O[C@H](C)C(=O)NCc2ccc3c(c2)OCO3)c1. The van der Waals surface area contributed by atoms with Gasteiger partial charge in [0.25, 0.3) is 5.91 Å². The summed E-state index contributed by atoms with van der Waals surface area (Å²) in [6.07, 6.45) is -0.923. The molecule has 1 N–H and O–H groups in total. The van der Waals surface area contributed by atoms with Crippen LogP contribution in [0.4, 0.5) is 0 Å². The Kier molecular flexibility index (Phi) is 5.80. The standard InChI is InChI=1S/C20H21NO6/c1-13-4-3-5-16(8-13)24-11-19(22)27-14(2)20(23)21-10-15-6-7-17-18(9-15)26-12-25-17/h3-9,14H,10-12H2,1-2H3,(H,21,23)/t14-/m1/s1. The van der Waals surface area contributed by atoms with Crippen LogP contribution in [0.25, 0.3) is 0 Å². The van der Waals surface area contributed by atoms with E-state index in [-0.39, 0.29) is 19.9 Å². The summed E-state index contributed by atoms with van der Waals surface area (Å²) in [6, 6.07) is 12.8. The van der Waals surface area contributed by atoms with E-state index in [0.717, 1.165) is 11.1 Å². The maximum atomic E-state index is 12.1. The smallest absolute Gasteiger partial charge is 0.344 e. The minimum atomic E-state index is -0.923. The number of benzene rings is 2. The van der Waals surface area contributed by atoms with Gasteiger partial charge in [-0.2, -0.15) is 0 Å². The second-order valence-corrected chi connectivity index (χ2v) is 6.14. The van der Waals surface area contributed by atoms with Gasteiger partial charge in [-0.1, -0.05) is 18.2 Å². The van der Waals surface area contributed by atoms with Gasteiger partial charge in [0.2, 0.25) is 6.79 Å². The van der Waals surface area contributed by atoms with E-state index < -0.39 is 18.0 Å². The fourth-order valence-electron chi connectivity index (χ4n) is 2.52. The third kappa shape index (κ3) is 5.13. The van der Waals surface area contributed by atoms with E-state index in [2.05, 4.69) is 5.32 Å². The molecule has 3 rings (SSSR count). The average molecular weight is 371 g/mol. The number of hydrogen-bond acceptors (Lipinski definition) is 6. The number of ether oxygens (including phenoxy) is 4. The Morgan fingerprint density at radius 2 is 1.96 bits per heavy atom. The van der Waals surface area contributed by atoms with Crippen LogP contribution in [-0.2, 0) is 20.9 Å². The summed E-state index contributed by atoms with van der Waals surface area (Å²) in [4.78, 5) is 24.0. The normalized spacial score (nSPS) is 13.0. The third-order valence-electron chi connectivity index (χ3n) is 3.93. The predicted molar refractivity (Wildman–Crippen MR) is 96.6 cm³/mol. The summed E-state index contributed by atoms with van der Waals surface area (Å²) in [5.74, 6) is 0.904. The van der Waals surface area contributed by atoms with Crippen LogP contribution in [0.15, 0.2) is 42.5 Å². The largest absolute Gasteiger partial charge is 0.482 e. The van der Waals surface area contributed by atoms with Crippen molar-refractivity contribution >= 4 is 11.9 Å². The number of hydrogen-bond donors (Lipinski definition) is 1. The Morgan fingerprint density at radius 1 is 1.15 bits per heavy atom. The van der Waals surface area contributed by atoms with E-state index in [1.165, 1.54) is 6.92 Å². The highest BCUT2D eigenvalue weighted by Gasteiger charge is 2.19. The number of amides is 1. The first-order valence-electron chi connectivity index (χ1n) is 8.56. The van der Waals surface area contributed by atoms with Crippen molar-refractivity contribution in [1.82, 2.24) is 5.32 Å². The van der Waals surface area contributed by atoms with Gasteiger partial charge in [0.05, 0.1) is 0 Å². The van der Waals surface area contributed by atoms with E-state index >= 15 is 0 Å². The van der Waals surface area contributed by atoms with Gasteiger partial charge in [-0.15, -0.1) is 0 Å². The zero-order valence-corrected chi connectivity index (χ0v) is 15.2. The van der Waals surface area contributed by atoms with Crippen LogP contribution in [0, 0.1) is 6.92 Å². The summed E-state index contributed by atoms with van der Waals surface area (Å²) < 4.78 is 21.0. The molecule has 2 aromatic rings. The molecule has 0 aromatic heterocycles. The zero-order chi connectivity index (χ0) is 19.2. The lowest BCUT2D eigenvalue weighted by Gasteiger charge is -2.14. The first kappa shape index (κ1) is 18.6. The quantitative estimate of drug-likeness (QED) is 0.753. The zero-order valence-electron chi connectivity index (χ0n) is 15.2. The Labute approximate surface area is 157 Å². The van der Waals surface area contributed by atoms with Crippen LogP contribution in [-0.4, -0.2) is 31.4 Å². The first-order chi connectivity index (χ1) is 13.0. The van der Waals surface area contributed by atoms with Crippen LogP contribution >= 0.6 is 0 Å². The molecule has 1 amide bonds. The topological polar surface area (TPSA) is 83.1 Å². The van der Waals surface area contributed by atoms with Crippen molar-refractivity contribution < 1.29 is 28.5 Å². The highest BCUT2D eigenvalue weighted by Crippen LogP contribution is 2.32. The Balaban J connectivity index is 1.42. The fourth-order valence-corrected chi connectivity index (χ4v) is 2.52. The molecule has 7 heteroatoms. The van der Waals surface area contributed by atoms with E-state index in [4.69, 9.17) is 18.9 Å². The van der Waals surface area contributed by atoms with Crippen LogP contribution in [0.3, 0.4) is 0 Å². The maximum absolute atomic E-state index is 12.1. The highest BCUT2D eigenvalue weighted by molar-refractivity contribution is 5.83. The monoisotopic (exact) mass is 371 g/mol. The lowest BCUT2D eigenvalue weighted by atomic mass is 10.2. The molecule has 0 aliphatic carbocycles. The second kappa shape index (κ2) is 8.44. The Morgan fingerprint density at radius 3 is 2.78 bits per heavy atom. The highest BCUT2D eigenvalue weighted by atomic mass is 16.7. The number of esters is 1. The van der Waals surface area contributed by atoms with Gasteiger partial charge in [0.1, 0.15) is 5.75 Å². The van der Waals surface area contributed by atoms with Crippen molar-refractivity contribution in [1.29, 1.82) is 0 Å². The van der Waals surface area contributed by atoms with Gasteiger partial charge < -0.3 is 24.3 Å². The number of fused-ring (bicyclic) bond motifs is 1. The molecule has 0 saturated heterocycles. The molecule has 7 nitrogen and oxygen atoms in total. The molecule has 1 atom stereocenters. The molecule has 27 heavy (non-hydrogen) atoms. The molecule has 0 unspecified atom stereocenters. The lowest BCUT2D eigenvalue weighted by Crippen LogP contribution is -2.36. The first-order valence-corrected chi connectivity index (χ1v) is 8.56. The van der Waals surface area contributed by atoms with Crippen molar-refractivity contribution in [3.63, 3.8) is 0 Å². The van der Waals surface area contributed by atoms with E-state index in [1.54, 1.807) is 18.2 Å². The minimum absolute atomic E-state index is 0.197. The van der Waals surface area contributed by atoms with Gasteiger partial charge in [-0.05, 0) is 49.2 Å². The molecule has 2 aromatic carbocycles. The molecule has 0 radical (unpaired) electrons. The van der Waals surface area contributed by atoms with Crippen LogP contribution in [0.1, 0.15) is 18.1 Å². The molecule has 1 aliphatic rings. The number of aryl methyl sites for hydroxylation is 1. The second-order valence-electron chi connectivity index (χ2n) is 6.14. The Bertz CT molecular complexity index is 835. The summed E-state index contributed by atoms with van der Waals surface area (Å²) in [5.41, 5.74) is 1.88. The summed E-state index contributed by atoms with van der Waals surface area (Å²) in [5, 5.41) is 2.72. The molecular weight excluding hydrogens is 350 g/mol. The van der Waals surface area contributed by atoms with Crippen molar-refractivity contribution in [2.24, 2.45) is 0 Å². The molecule has 0 bridgehead atoms. The number of carbonyl (C=O) groups is 2. The average Bonchev–Trinajstić information content (AvgIpc) is 3.12. The van der Waals surface area contributed by atoms with Crippen molar-refractivity contribution in [2.45, 2.75) is 26.5 Å². The van der Waals surface area contributed by atoms with Gasteiger partial charge >= 0.3 is 5.97 Å². The lowest BCUT2D eigenvalue weighted by molar-refractivity contribution is -0.156. The minimum Gasteiger partial charge on any atom is -0.482 e. The molecule has 0 saturated carbocycles. The number of carbonyl (C=O) groups excluding carboxylic acids is 2. The molecule has 142 valence electrons. The fraction of sp³-hybridized carbons (Fsp3) is 0.300. The molecule has 0 spiro atoms. The number of rotatable bonds is 7. The van der Waals surface area contributed by atoms with Gasteiger partial charge in [0.15, 0.2) is 24.2 Å². The number of nitrogens with one attached hydrogen (secondary N) is 1. The molecule has 0 fully saturated rings. The summed E-state index contributed by atoms with van der Waals surface area (Å²) in [6.45, 7) is 3.67. The molecular formula is C20H21NO6. The maximum Gasteiger partial charge on any atom is 0.344 e. The van der Waals surface area contributed by atoms with Gasteiger partial charge in [-0.25, -0.2) is 4.79 Å². The van der Waals surface area contributed by atoms with Crippen LogP contribution < -0.4 is 19.5 Å². The Hall–Kier alpha value is -3.22. The summed E-state index contributed by atoms with van der Waals surface area (Å²) in [7, 11) is 0. The van der Waals surface area contributed by atoms with E-state index in [9.17, 15) is 9.59 Å².